The molecule has 5 nitrogen and oxygen atoms in total. The van der Waals surface area contributed by atoms with Crippen LogP contribution in [0, 0.1) is 26.7 Å². The van der Waals surface area contributed by atoms with E-state index in [9.17, 15) is 4.79 Å². The number of anilines is 1. The van der Waals surface area contributed by atoms with Crippen molar-refractivity contribution in [3.05, 3.63) is 39.0 Å². The van der Waals surface area contributed by atoms with E-state index in [4.69, 9.17) is 0 Å². The van der Waals surface area contributed by atoms with Gasteiger partial charge in [0.15, 0.2) is 5.13 Å². The second-order valence-electron chi connectivity index (χ2n) is 6.10. The third-order valence-electron chi connectivity index (χ3n) is 4.43. The fourth-order valence-corrected chi connectivity index (χ4v) is 3.83. The molecule has 2 aromatic heterocycles. The van der Waals surface area contributed by atoms with Crippen molar-refractivity contribution in [2.45, 2.75) is 40.2 Å². The van der Waals surface area contributed by atoms with Crippen LogP contribution in [0.15, 0.2) is 17.3 Å². The molecule has 0 atom stereocenters. The summed E-state index contributed by atoms with van der Waals surface area (Å²) in [7, 11) is 0. The third kappa shape index (κ3) is 3.06. The molecule has 0 aliphatic carbocycles. The molecule has 1 aliphatic rings. The van der Waals surface area contributed by atoms with Gasteiger partial charge in [0, 0.05) is 36.3 Å². The molecule has 1 fully saturated rings. The lowest BCUT2D eigenvalue weighted by Crippen LogP contribution is -2.36. The van der Waals surface area contributed by atoms with E-state index in [0.29, 0.717) is 11.5 Å². The molecule has 22 heavy (non-hydrogen) atoms. The van der Waals surface area contributed by atoms with Crippen molar-refractivity contribution in [1.82, 2.24) is 14.5 Å². The van der Waals surface area contributed by atoms with Crippen LogP contribution in [0.1, 0.15) is 29.0 Å². The first kappa shape index (κ1) is 15.2. The molecule has 2 aromatic rings. The van der Waals surface area contributed by atoms with E-state index in [0.717, 1.165) is 43.3 Å². The van der Waals surface area contributed by atoms with E-state index in [1.807, 2.05) is 6.92 Å². The zero-order valence-corrected chi connectivity index (χ0v) is 14.2. The van der Waals surface area contributed by atoms with Crippen LogP contribution in [0.5, 0.6) is 0 Å². The van der Waals surface area contributed by atoms with Crippen molar-refractivity contribution in [2.75, 3.05) is 18.0 Å². The maximum Gasteiger partial charge on any atom is 0.256 e. The first-order chi connectivity index (χ1) is 10.5. The van der Waals surface area contributed by atoms with Gasteiger partial charge in [-0.05, 0) is 39.5 Å². The Bertz CT molecular complexity index is 694. The largest absolute Gasteiger partial charge is 0.348 e. The number of thiazole rings is 1. The van der Waals surface area contributed by atoms with Gasteiger partial charge in [-0.15, -0.1) is 11.3 Å². The van der Waals surface area contributed by atoms with Gasteiger partial charge in [0.05, 0.1) is 12.0 Å². The molecule has 0 N–H and O–H groups in total. The number of piperidine rings is 1. The molecular weight excluding hydrogens is 296 g/mol. The van der Waals surface area contributed by atoms with E-state index >= 15 is 0 Å². The van der Waals surface area contributed by atoms with Gasteiger partial charge in [-0.2, -0.15) is 0 Å². The van der Waals surface area contributed by atoms with Gasteiger partial charge in [-0.1, -0.05) is 0 Å². The fraction of sp³-hybridized carbons (Fsp3) is 0.562. The molecule has 0 unspecified atom stereocenters. The van der Waals surface area contributed by atoms with Crippen LogP contribution in [0.2, 0.25) is 0 Å². The predicted octanol–water partition coefficient (Wildman–Crippen LogP) is 2.54. The highest BCUT2D eigenvalue weighted by atomic mass is 32.1. The zero-order valence-electron chi connectivity index (χ0n) is 13.4. The average molecular weight is 318 g/mol. The molecule has 0 saturated carbocycles. The Hall–Kier alpha value is -1.69. The molecule has 3 rings (SSSR count). The SMILES string of the molecule is Cc1nc(N2CCC(Cn3cncc(C)c3=O)CC2)sc1C. The summed E-state index contributed by atoms with van der Waals surface area (Å²) in [5.41, 5.74) is 1.94. The molecule has 6 heteroatoms. The first-order valence-corrected chi connectivity index (χ1v) is 8.56. The van der Waals surface area contributed by atoms with E-state index in [1.54, 1.807) is 28.4 Å². The van der Waals surface area contributed by atoms with Gasteiger partial charge in [-0.3, -0.25) is 9.36 Å². The topological polar surface area (TPSA) is 51.0 Å². The number of aromatic nitrogens is 3. The Morgan fingerprint density at radius 1 is 1.27 bits per heavy atom. The molecule has 0 aromatic carbocycles. The Labute approximate surface area is 134 Å². The van der Waals surface area contributed by atoms with Crippen molar-refractivity contribution < 1.29 is 0 Å². The predicted molar refractivity (Wildman–Crippen MR) is 89.8 cm³/mol. The zero-order chi connectivity index (χ0) is 15.7. The maximum atomic E-state index is 12.1. The fourth-order valence-electron chi connectivity index (χ4n) is 2.87. The Morgan fingerprint density at radius 3 is 2.64 bits per heavy atom. The van der Waals surface area contributed by atoms with Crippen molar-refractivity contribution in [1.29, 1.82) is 0 Å². The summed E-state index contributed by atoms with van der Waals surface area (Å²) in [4.78, 5) is 24.5. The minimum atomic E-state index is 0.0867. The Kier molecular flexibility index (Phi) is 4.29. The highest BCUT2D eigenvalue weighted by molar-refractivity contribution is 7.15. The van der Waals surface area contributed by atoms with Crippen molar-refractivity contribution in [2.24, 2.45) is 5.92 Å². The van der Waals surface area contributed by atoms with Crippen LogP contribution >= 0.6 is 11.3 Å². The molecule has 0 bridgehead atoms. The Balaban J connectivity index is 1.62. The molecule has 1 aliphatic heterocycles. The number of rotatable bonds is 3. The van der Waals surface area contributed by atoms with Crippen LogP contribution in [0.3, 0.4) is 0 Å². The molecular formula is C16H22N4OS. The summed E-state index contributed by atoms with van der Waals surface area (Å²) in [6, 6.07) is 0. The lowest BCUT2D eigenvalue weighted by Gasteiger charge is -2.32. The molecule has 3 heterocycles. The summed E-state index contributed by atoms with van der Waals surface area (Å²) < 4.78 is 1.76. The van der Waals surface area contributed by atoms with Gasteiger partial charge >= 0.3 is 0 Å². The molecule has 0 amide bonds. The van der Waals surface area contributed by atoms with Crippen molar-refractivity contribution >= 4 is 16.5 Å². The normalized spacial score (nSPS) is 16.2. The van der Waals surface area contributed by atoms with Crippen molar-refractivity contribution in [3.8, 4) is 0 Å². The van der Waals surface area contributed by atoms with Crippen LogP contribution < -0.4 is 10.5 Å². The van der Waals surface area contributed by atoms with Gasteiger partial charge in [0.1, 0.15) is 0 Å². The van der Waals surface area contributed by atoms with Crippen molar-refractivity contribution in [3.63, 3.8) is 0 Å². The molecule has 1 saturated heterocycles. The molecule has 0 radical (unpaired) electrons. The van der Waals surface area contributed by atoms with E-state index < -0.39 is 0 Å². The van der Waals surface area contributed by atoms with Crippen LogP contribution in [-0.4, -0.2) is 27.6 Å². The first-order valence-electron chi connectivity index (χ1n) is 7.74. The molecule has 118 valence electrons. The summed E-state index contributed by atoms with van der Waals surface area (Å²) in [5, 5.41) is 1.14. The van der Waals surface area contributed by atoms with Gasteiger partial charge in [-0.25, -0.2) is 9.97 Å². The number of hydrogen-bond donors (Lipinski definition) is 0. The minimum Gasteiger partial charge on any atom is -0.348 e. The lowest BCUT2D eigenvalue weighted by molar-refractivity contribution is 0.350. The summed E-state index contributed by atoms with van der Waals surface area (Å²) in [6.07, 6.45) is 5.49. The number of aryl methyl sites for hydroxylation is 3. The third-order valence-corrected chi connectivity index (χ3v) is 5.56. The minimum absolute atomic E-state index is 0.0867. The standard InChI is InChI=1S/C16H22N4OS/c1-11-8-17-10-20(15(11)21)9-14-4-6-19(7-5-14)16-18-12(2)13(3)22-16/h8,10,14H,4-7,9H2,1-3H3. The summed E-state index contributed by atoms with van der Waals surface area (Å²) >= 11 is 1.78. The quantitative estimate of drug-likeness (QED) is 0.873. The van der Waals surface area contributed by atoms with Crippen LogP contribution in [0.25, 0.3) is 0 Å². The van der Waals surface area contributed by atoms with Gasteiger partial charge in [0.25, 0.3) is 5.56 Å². The highest BCUT2D eigenvalue weighted by Crippen LogP contribution is 2.29. The van der Waals surface area contributed by atoms with Gasteiger partial charge < -0.3 is 4.90 Å². The second-order valence-corrected chi connectivity index (χ2v) is 7.28. The monoisotopic (exact) mass is 318 g/mol. The van der Waals surface area contributed by atoms with Crippen LogP contribution in [-0.2, 0) is 6.54 Å². The van der Waals surface area contributed by atoms with E-state index in [1.165, 1.54) is 4.88 Å². The summed E-state index contributed by atoms with van der Waals surface area (Å²) in [6.45, 7) is 8.83. The number of hydrogen-bond acceptors (Lipinski definition) is 5. The second kappa shape index (κ2) is 6.20. The smallest absolute Gasteiger partial charge is 0.256 e. The maximum absolute atomic E-state index is 12.1. The number of nitrogens with zero attached hydrogens (tertiary/aromatic N) is 4. The average Bonchev–Trinajstić information content (AvgIpc) is 2.84. The van der Waals surface area contributed by atoms with Crippen LogP contribution in [0.4, 0.5) is 5.13 Å². The van der Waals surface area contributed by atoms with E-state index in [2.05, 4.69) is 28.7 Å². The van der Waals surface area contributed by atoms with Gasteiger partial charge in [0.2, 0.25) is 0 Å². The summed E-state index contributed by atoms with van der Waals surface area (Å²) in [5.74, 6) is 0.541. The van der Waals surface area contributed by atoms with E-state index in [-0.39, 0.29) is 5.56 Å². The molecule has 0 spiro atoms. The lowest BCUT2D eigenvalue weighted by atomic mass is 9.97. The highest BCUT2D eigenvalue weighted by Gasteiger charge is 2.22. The Morgan fingerprint density at radius 2 is 2.00 bits per heavy atom.